The first-order valence-electron chi connectivity index (χ1n) is 6.21. The second kappa shape index (κ2) is 5.16. The minimum Gasteiger partial charge on any atom is -0.299 e. The van der Waals surface area contributed by atoms with E-state index in [9.17, 15) is 0 Å². The Morgan fingerprint density at radius 1 is 1.21 bits per heavy atom. The largest absolute Gasteiger partial charge is 0.299 e. The highest BCUT2D eigenvalue weighted by atomic mass is 15.4. The van der Waals surface area contributed by atoms with Crippen molar-refractivity contribution in [3.05, 3.63) is 48.4 Å². The van der Waals surface area contributed by atoms with E-state index in [2.05, 4.69) is 31.9 Å². The van der Waals surface area contributed by atoms with Crippen LogP contribution in [0.4, 0.5) is 0 Å². The van der Waals surface area contributed by atoms with E-state index >= 15 is 0 Å². The molecular weight excluding hydrogens is 238 g/mol. The van der Waals surface area contributed by atoms with Gasteiger partial charge in [-0.25, -0.2) is 0 Å². The van der Waals surface area contributed by atoms with Gasteiger partial charge in [0.05, 0.1) is 11.6 Å². The minimum atomic E-state index is 0.131. The van der Waals surface area contributed by atoms with Gasteiger partial charge in [-0.05, 0) is 30.8 Å². The van der Waals surface area contributed by atoms with Crippen molar-refractivity contribution in [3.8, 4) is 11.3 Å². The SMILES string of the molecule is CNC1NN=CC1c1ccc(-c2cccnc2)nc1. The molecule has 2 atom stereocenters. The molecule has 0 fully saturated rings. The van der Waals surface area contributed by atoms with E-state index in [1.54, 1.807) is 6.20 Å². The molecule has 3 rings (SSSR count). The maximum atomic E-state index is 4.51. The van der Waals surface area contributed by atoms with Crippen LogP contribution in [0, 0.1) is 0 Å². The molecule has 0 amide bonds. The Hall–Kier alpha value is -2.27. The fourth-order valence-electron chi connectivity index (χ4n) is 2.18. The summed E-state index contributed by atoms with van der Waals surface area (Å²) in [7, 11) is 1.91. The predicted molar refractivity (Wildman–Crippen MR) is 74.7 cm³/mol. The summed E-state index contributed by atoms with van der Waals surface area (Å²) in [4.78, 5) is 8.61. The number of aromatic nitrogens is 2. The molecule has 1 aliphatic rings. The molecule has 0 spiro atoms. The highest BCUT2D eigenvalue weighted by molar-refractivity contribution is 5.71. The van der Waals surface area contributed by atoms with Gasteiger partial charge in [0.2, 0.25) is 0 Å². The smallest absolute Gasteiger partial charge is 0.105 e. The second-order valence-electron chi connectivity index (χ2n) is 4.42. The first-order chi connectivity index (χ1) is 9.38. The lowest BCUT2D eigenvalue weighted by atomic mass is 9.99. The summed E-state index contributed by atoms with van der Waals surface area (Å²) in [5.74, 6) is 0.209. The average molecular weight is 253 g/mol. The van der Waals surface area contributed by atoms with Crippen LogP contribution in [-0.4, -0.2) is 29.4 Å². The molecule has 2 unspecified atom stereocenters. The molecule has 0 bridgehead atoms. The van der Waals surface area contributed by atoms with Crippen molar-refractivity contribution in [3.63, 3.8) is 0 Å². The van der Waals surface area contributed by atoms with Crippen molar-refractivity contribution in [1.82, 2.24) is 20.7 Å². The van der Waals surface area contributed by atoms with E-state index in [1.165, 1.54) is 0 Å². The number of hydrazone groups is 1. The molecule has 0 aromatic carbocycles. The van der Waals surface area contributed by atoms with Crippen molar-refractivity contribution >= 4 is 6.21 Å². The number of nitrogens with one attached hydrogen (secondary N) is 2. The number of nitrogens with zero attached hydrogens (tertiary/aromatic N) is 3. The first kappa shape index (κ1) is 11.8. The molecule has 3 heterocycles. The molecule has 19 heavy (non-hydrogen) atoms. The van der Waals surface area contributed by atoms with Gasteiger partial charge in [0.25, 0.3) is 0 Å². The molecule has 1 aliphatic heterocycles. The van der Waals surface area contributed by atoms with Gasteiger partial charge in [0.1, 0.15) is 6.17 Å². The third-order valence-electron chi connectivity index (χ3n) is 3.25. The second-order valence-corrected chi connectivity index (χ2v) is 4.42. The third kappa shape index (κ3) is 2.32. The molecule has 2 aromatic rings. The van der Waals surface area contributed by atoms with Gasteiger partial charge in [-0.15, -0.1) is 0 Å². The Kier molecular flexibility index (Phi) is 3.20. The van der Waals surface area contributed by atoms with Crippen molar-refractivity contribution in [2.75, 3.05) is 7.05 Å². The van der Waals surface area contributed by atoms with Crippen LogP contribution < -0.4 is 10.7 Å². The van der Waals surface area contributed by atoms with E-state index in [-0.39, 0.29) is 12.1 Å². The van der Waals surface area contributed by atoms with Gasteiger partial charge in [-0.2, -0.15) is 5.10 Å². The molecule has 2 N–H and O–H groups in total. The zero-order valence-corrected chi connectivity index (χ0v) is 10.6. The van der Waals surface area contributed by atoms with Gasteiger partial charge in [0, 0.05) is 30.4 Å². The van der Waals surface area contributed by atoms with Crippen LogP contribution in [0.15, 0.2) is 48.0 Å². The van der Waals surface area contributed by atoms with Crippen LogP contribution in [-0.2, 0) is 0 Å². The molecule has 96 valence electrons. The molecule has 0 aliphatic carbocycles. The number of hydrogen-bond acceptors (Lipinski definition) is 5. The van der Waals surface area contributed by atoms with Crippen molar-refractivity contribution in [2.24, 2.45) is 5.10 Å². The first-order valence-corrected chi connectivity index (χ1v) is 6.21. The molecule has 0 radical (unpaired) electrons. The molecule has 5 nitrogen and oxygen atoms in total. The van der Waals surface area contributed by atoms with Gasteiger partial charge in [0.15, 0.2) is 0 Å². The van der Waals surface area contributed by atoms with E-state index in [1.807, 2.05) is 43.9 Å². The van der Waals surface area contributed by atoms with Gasteiger partial charge < -0.3 is 0 Å². The van der Waals surface area contributed by atoms with E-state index in [0.29, 0.717) is 0 Å². The van der Waals surface area contributed by atoms with Crippen LogP contribution in [0.3, 0.4) is 0 Å². The quantitative estimate of drug-likeness (QED) is 0.867. The number of hydrogen-bond donors (Lipinski definition) is 2. The summed E-state index contributed by atoms with van der Waals surface area (Å²) < 4.78 is 0. The lowest BCUT2D eigenvalue weighted by Crippen LogP contribution is -2.38. The lowest BCUT2D eigenvalue weighted by molar-refractivity contribution is 0.479. The summed E-state index contributed by atoms with van der Waals surface area (Å²) in [6.45, 7) is 0. The maximum Gasteiger partial charge on any atom is 0.105 e. The highest BCUT2D eigenvalue weighted by Gasteiger charge is 2.24. The van der Waals surface area contributed by atoms with E-state index in [4.69, 9.17) is 0 Å². The lowest BCUT2D eigenvalue weighted by Gasteiger charge is -2.17. The third-order valence-corrected chi connectivity index (χ3v) is 3.25. The van der Waals surface area contributed by atoms with Crippen LogP contribution >= 0.6 is 0 Å². The Morgan fingerprint density at radius 2 is 2.16 bits per heavy atom. The molecule has 0 saturated heterocycles. The Morgan fingerprint density at radius 3 is 2.84 bits per heavy atom. The zero-order chi connectivity index (χ0) is 13.1. The molecular formula is C14H15N5. The molecule has 5 heteroatoms. The average Bonchev–Trinajstić information content (AvgIpc) is 2.97. The molecule has 2 aromatic heterocycles. The maximum absolute atomic E-state index is 4.51. The van der Waals surface area contributed by atoms with Gasteiger partial charge in [-0.1, -0.05) is 6.07 Å². The van der Waals surface area contributed by atoms with Crippen molar-refractivity contribution in [2.45, 2.75) is 12.1 Å². The monoisotopic (exact) mass is 253 g/mol. The fourth-order valence-corrected chi connectivity index (χ4v) is 2.18. The number of likely N-dealkylation sites (N-methyl/N-ethyl adjacent to an activating group) is 1. The summed E-state index contributed by atoms with van der Waals surface area (Å²) in [5, 5.41) is 7.28. The Labute approximate surface area is 111 Å². The normalized spacial score (nSPS) is 21.3. The Bertz CT molecular complexity index is 564. The summed E-state index contributed by atoms with van der Waals surface area (Å²) >= 11 is 0. The highest BCUT2D eigenvalue weighted by Crippen LogP contribution is 2.22. The zero-order valence-electron chi connectivity index (χ0n) is 10.6. The number of pyridine rings is 2. The van der Waals surface area contributed by atoms with Crippen molar-refractivity contribution in [1.29, 1.82) is 0 Å². The van der Waals surface area contributed by atoms with Gasteiger partial charge in [-0.3, -0.25) is 20.7 Å². The van der Waals surface area contributed by atoms with Crippen LogP contribution in [0.1, 0.15) is 11.5 Å². The van der Waals surface area contributed by atoms with Crippen LogP contribution in [0.25, 0.3) is 11.3 Å². The topological polar surface area (TPSA) is 62.2 Å². The summed E-state index contributed by atoms with van der Waals surface area (Å²) in [5.41, 5.74) is 6.12. The van der Waals surface area contributed by atoms with Gasteiger partial charge >= 0.3 is 0 Å². The van der Waals surface area contributed by atoms with Crippen LogP contribution in [0.5, 0.6) is 0 Å². The standard InChI is InChI=1S/C14H15N5/c1-15-14-12(9-18-19-14)10-4-5-13(17-8-10)11-3-2-6-16-7-11/h2-9,12,14-15,19H,1H3. The summed E-state index contributed by atoms with van der Waals surface area (Å²) in [6.07, 6.45) is 7.51. The molecule has 0 saturated carbocycles. The van der Waals surface area contributed by atoms with E-state index < -0.39 is 0 Å². The van der Waals surface area contributed by atoms with Crippen LogP contribution in [0.2, 0.25) is 0 Å². The minimum absolute atomic E-state index is 0.131. The number of rotatable bonds is 3. The Balaban J connectivity index is 1.85. The van der Waals surface area contributed by atoms with Crippen molar-refractivity contribution < 1.29 is 0 Å². The summed E-state index contributed by atoms with van der Waals surface area (Å²) in [6, 6.07) is 8.02. The predicted octanol–water partition coefficient (Wildman–Crippen LogP) is 1.36. The van der Waals surface area contributed by atoms with E-state index in [0.717, 1.165) is 16.8 Å². The fraction of sp³-hybridized carbons (Fsp3) is 0.214.